The number of amides is 1. The first-order valence-corrected chi connectivity index (χ1v) is 8.09. The second-order valence-electron chi connectivity index (χ2n) is 5.30. The smallest absolute Gasteiger partial charge is 0.257 e. The van der Waals surface area contributed by atoms with E-state index >= 15 is 0 Å². The van der Waals surface area contributed by atoms with Crippen LogP contribution in [0, 0.1) is 5.41 Å². The molecule has 0 fully saturated rings. The lowest BCUT2D eigenvalue weighted by Gasteiger charge is -2.10. The first-order chi connectivity index (χ1) is 11.7. The second kappa shape index (κ2) is 9.35. The fraction of sp³-hybridized carbons (Fsp3) is 0.263. The Morgan fingerprint density at radius 3 is 2.46 bits per heavy atom. The molecule has 0 atom stereocenters. The van der Waals surface area contributed by atoms with E-state index in [1.165, 1.54) is 5.56 Å². The Hall–Kier alpha value is -2.82. The van der Waals surface area contributed by atoms with Gasteiger partial charge in [-0.15, -0.1) is 0 Å². The molecule has 126 valence electrons. The van der Waals surface area contributed by atoms with Gasteiger partial charge in [0.15, 0.2) is 5.96 Å². The van der Waals surface area contributed by atoms with Gasteiger partial charge in [0, 0.05) is 12.1 Å². The third-order valence-electron chi connectivity index (χ3n) is 3.45. The number of hydrogen-bond acceptors (Lipinski definition) is 3. The lowest BCUT2D eigenvalue weighted by molar-refractivity contribution is 0.0975. The fourth-order valence-electron chi connectivity index (χ4n) is 2.25. The van der Waals surface area contributed by atoms with E-state index in [0.717, 1.165) is 18.6 Å². The molecule has 1 amide bonds. The zero-order chi connectivity index (χ0) is 17.2. The Bertz CT molecular complexity index is 654. The van der Waals surface area contributed by atoms with Crippen molar-refractivity contribution in [3.63, 3.8) is 0 Å². The monoisotopic (exact) mass is 325 g/mol. The molecule has 0 unspecified atom stereocenters. The van der Waals surface area contributed by atoms with Crippen LogP contribution in [0.1, 0.15) is 29.3 Å². The Morgan fingerprint density at radius 1 is 1.08 bits per heavy atom. The summed E-state index contributed by atoms with van der Waals surface area (Å²) in [7, 11) is 0. The topological polar surface area (TPSA) is 74.2 Å². The standard InChI is InChI=1S/C19H23N3O2/c1-2-24-17-12-10-16(11-13-17)18(23)22-19(20)21-14-6-9-15-7-4-3-5-8-15/h3-5,7-8,10-13H,2,6,9,14H2,1H3,(H3,20,21,22,23). The number of ether oxygens (including phenoxy) is 1. The van der Waals surface area contributed by atoms with Crippen molar-refractivity contribution in [2.75, 3.05) is 13.2 Å². The van der Waals surface area contributed by atoms with Crippen molar-refractivity contribution in [2.24, 2.45) is 0 Å². The molecule has 0 radical (unpaired) electrons. The molecule has 0 bridgehead atoms. The molecule has 0 spiro atoms. The number of nitrogens with one attached hydrogen (secondary N) is 3. The number of carbonyl (C=O) groups is 1. The highest BCUT2D eigenvalue weighted by atomic mass is 16.5. The maximum Gasteiger partial charge on any atom is 0.257 e. The van der Waals surface area contributed by atoms with Crippen LogP contribution < -0.4 is 15.4 Å². The molecule has 3 N–H and O–H groups in total. The van der Waals surface area contributed by atoms with E-state index in [1.807, 2.05) is 25.1 Å². The summed E-state index contributed by atoms with van der Waals surface area (Å²) < 4.78 is 5.34. The molecule has 5 heteroatoms. The largest absolute Gasteiger partial charge is 0.494 e. The van der Waals surface area contributed by atoms with Crippen LogP contribution in [0.15, 0.2) is 54.6 Å². The number of aryl methyl sites for hydroxylation is 1. The van der Waals surface area contributed by atoms with Gasteiger partial charge in [-0.1, -0.05) is 30.3 Å². The average Bonchev–Trinajstić information content (AvgIpc) is 2.60. The van der Waals surface area contributed by atoms with Crippen molar-refractivity contribution in [1.82, 2.24) is 10.6 Å². The highest BCUT2D eigenvalue weighted by Crippen LogP contribution is 2.11. The molecule has 5 nitrogen and oxygen atoms in total. The third kappa shape index (κ3) is 5.76. The molecular weight excluding hydrogens is 302 g/mol. The van der Waals surface area contributed by atoms with Crippen molar-refractivity contribution in [2.45, 2.75) is 19.8 Å². The summed E-state index contributed by atoms with van der Waals surface area (Å²) in [6.45, 7) is 3.13. The quantitative estimate of drug-likeness (QED) is 0.416. The summed E-state index contributed by atoms with van der Waals surface area (Å²) in [5.41, 5.74) is 1.76. The van der Waals surface area contributed by atoms with Crippen molar-refractivity contribution in [3.05, 3.63) is 65.7 Å². The third-order valence-corrected chi connectivity index (χ3v) is 3.45. The maximum atomic E-state index is 12.0. The summed E-state index contributed by atoms with van der Waals surface area (Å²) in [4.78, 5) is 12.0. The number of guanidine groups is 1. The van der Waals surface area contributed by atoms with Gasteiger partial charge in [-0.25, -0.2) is 0 Å². The number of benzene rings is 2. The molecule has 0 heterocycles. The lowest BCUT2D eigenvalue weighted by Crippen LogP contribution is -2.40. The van der Waals surface area contributed by atoms with E-state index < -0.39 is 0 Å². The summed E-state index contributed by atoms with van der Waals surface area (Å²) in [6, 6.07) is 17.0. The molecule has 2 rings (SSSR count). The highest BCUT2D eigenvalue weighted by molar-refractivity contribution is 6.04. The van der Waals surface area contributed by atoms with E-state index in [1.54, 1.807) is 24.3 Å². The van der Waals surface area contributed by atoms with E-state index in [0.29, 0.717) is 18.7 Å². The summed E-state index contributed by atoms with van der Waals surface area (Å²) >= 11 is 0. The van der Waals surface area contributed by atoms with Gasteiger partial charge in [0.1, 0.15) is 5.75 Å². The molecule has 24 heavy (non-hydrogen) atoms. The average molecular weight is 325 g/mol. The minimum absolute atomic E-state index is 0.0157. The van der Waals surface area contributed by atoms with Crippen molar-refractivity contribution >= 4 is 11.9 Å². The summed E-state index contributed by atoms with van der Waals surface area (Å²) in [6.07, 6.45) is 1.83. The van der Waals surface area contributed by atoms with Crippen LogP contribution in [-0.2, 0) is 6.42 Å². The van der Waals surface area contributed by atoms with E-state index in [2.05, 4.69) is 22.8 Å². The highest BCUT2D eigenvalue weighted by Gasteiger charge is 2.07. The van der Waals surface area contributed by atoms with Crippen LogP contribution in [0.4, 0.5) is 0 Å². The van der Waals surface area contributed by atoms with E-state index in [-0.39, 0.29) is 11.9 Å². The zero-order valence-corrected chi connectivity index (χ0v) is 13.8. The van der Waals surface area contributed by atoms with Crippen molar-refractivity contribution in [3.8, 4) is 5.75 Å². The molecular formula is C19H23N3O2. The van der Waals surface area contributed by atoms with Gasteiger partial charge >= 0.3 is 0 Å². The van der Waals surface area contributed by atoms with Crippen LogP contribution in [0.25, 0.3) is 0 Å². The van der Waals surface area contributed by atoms with Crippen LogP contribution in [-0.4, -0.2) is 25.0 Å². The van der Waals surface area contributed by atoms with Gasteiger partial charge in [-0.3, -0.25) is 15.5 Å². The summed E-state index contributed by atoms with van der Waals surface area (Å²) in [5.74, 6) is 0.434. The van der Waals surface area contributed by atoms with E-state index in [9.17, 15) is 4.79 Å². The van der Waals surface area contributed by atoms with Gasteiger partial charge in [0.2, 0.25) is 0 Å². The van der Waals surface area contributed by atoms with Crippen LogP contribution in [0.5, 0.6) is 5.75 Å². The van der Waals surface area contributed by atoms with Gasteiger partial charge < -0.3 is 10.1 Å². The Kier molecular flexibility index (Phi) is 6.83. The van der Waals surface area contributed by atoms with Crippen LogP contribution >= 0.6 is 0 Å². The van der Waals surface area contributed by atoms with E-state index in [4.69, 9.17) is 10.1 Å². The second-order valence-corrected chi connectivity index (χ2v) is 5.30. The van der Waals surface area contributed by atoms with Crippen molar-refractivity contribution < 1.29 is 9.53 Å². The first-order valence-electron chi connectivity index (χ1n) is 8.09. The minimum Gasteiger partial charge on any atom is -0.494 e. The molecule has 0 saturated heterocycles. The molecule has 0 aromatic heterocycles. The maximum absolute atomic E-state index is 12.0. The number of hydrogen-bond donors (Lipinski definition) is 3. The minimum atomic E-state index is -0.307. The van der Waals surface area contributed by atoms with Crippen LogP contribution in [0.2, 0.25) is 0 Å². The van der Waals surface area contributed by atoms with Crippen LogP contribution in [0.3, 0.4) is 0 Å². The Morgan fingerprint density at radius 2 is 1.79 bits per heavy atom. The molecule has 0 saturated carbocycles. The molecule has 2 aromatic carbocycles. The zero-order valence-electron chi connectivity index (χ0n) is 13.8. The lowest BCUT2D eigenvalue weighted by atomic mass is 10.1. The van der Waals surface area contributed by atoms with Gasteiger partial charge in [0.25, 0.3) is 5.91 Å². The SMILES string of the molecule is CCOc1ccc(C(=O)NC(=N)NCCCc2ccccc2)cc1. The molecule has 2 aromatic rings. The first kappa shape index (κ1) is 17.5. The summed E-state index contributed by atoms with van der Waals surface area (Å²) in [5, 5.41) is 13.2. The normalized spacial score (nSPS) is 10.0. The molecule has 0 aliphatic carbocycles. The Balaban J connectivity index is 1.70. The number of carbonyl (C=O) groups excluding carboxylic acids is 1. The van der Waals surface area contributed by atoms with Gasteiger partial charge in [0.05, 0.1) is 6.61 Å². The van der Waals surface area contributed by atoms with Gasteiger partial charge in [-0.2, -0.15) is 0 Å². The Labute approximate surface area is 142 Å². The predicted octanol–water partition coefficient (Wildman–Crippen LogP) is 2.97. The van der Waals surface area contributed by atoms with Crippen molar-refractivity contribution in [1.29, 1.82) is 5.41 Å². The molecule has 0 aliphatic heterocycles. The fourth-order valence-corrected chi connectivity index (χ4v) is 2.25. The number of rotatable bonds is 7. The predicted molar refractivity (Wildman–Crippen MR) is 95.6 cm³/mol. The molecule has 0 aliphatic rings. The van der Waals surface area contributed by atoms with Gasteiger partial charge in [-0.05, 0) is 49.6 Å².